The fourth-order valence-electron chi connectivity index (χ4n) is 2.05. The Kier molecular flexibility index (Phi) is 4.13. The number of alkyl halides is 3. The average molecular weight is 387 g/mol. The SMILES string of the molecule is FC(F)(F)c1cccc([Se]c2ccnc3cc(Cl)ccc23)c1. The zero-order valence-electron chi connectivity index (χ0n) is 11.1. The van der Waals surface area contributed by atoms with Crippen molar-refractivity contribution in [1.82, 2.24) is 4.98 Å². The second-order valence-electron chi connectivity index (χ2n) is 4.60. The third-order valence-electron chi connectivity index (χ3n) is 3.05. The molecule has 0 bridgehead atoms. The molecule has 1 heterocycles. The van der Waals surface area contributed by atoms with Crippen LogP contribution in [0.25, 0.3) is 10.9 Å². The summed E-state index contributed by atoms with van der Waals surface area (Å²) in [6.07, 6.45) is -2.66. The minimum absolute atomic E-state index is 0.240. The Labute approximate surface area is 136 Å². The van der Waals surface area contributed by atoms with E-state index in [1.165, 1.54) is 12.1 Å². The van der Waals surface area contributed by atoms with Crippen LogP contribution in [0.15, 0.2) is 54.7 Å². The summed E-state index contributed by atoms with van der Waals surface area (Å²) in [6, 6.07) is 12.7. The van der Waals surface area contributed by atoms with E-state index in [0.29, 0.717) is 9.48 Å². The van der Waals surface area contributed by atoms with Gasteiger partial charge in [-0.25, -0.2) is 0 Å². The number of aromatic nitrogens is 1. The Hall–Kier alpha value is -1.55. The van der Waals surface area contributed by atoms with Gasteiger partial charge in [0.25, 0.3) is 0 Å². The van der Waals surface area contributed by atoms with Crippen LogP contribution in [0, 0.1) is 0 Å². The van der Waals surface area contributed by atoms with Crippen molar-refractivity contribution in [2.75, 3.05) is 0 Å². The second-order valence-corrected chi connectivity index (χ2v) is 7.37. The van der Waals surface area contributed by atoms with E-state index >= 15 is 0 Å². The van der Waals surface area contributed by atoms with Crippen molar-refractivity contribution in [2.24, 2.45) is 0 Å². The van der Waals surface area contributed by atoms with Gasteiger partial charge < -0.3 is 0 Å². The first-order valence-electron chi connectivity index (χ1n) is 6.33. The summed E-state index contributed by atoms with van der Waals surface area (Å²) >= 11 is 5.70. The standard InChI is InChI=1S/C16H9ClF3NSe/c17-11-4-5-13-14(9-11)21-7-6-15(13)22-12-3-1-2-10(8-12)16(18,19)20/h1-9H. The number of nitrogens with zero attached hydrogens (tertiary/aromatic N) is 1. The van der Waals surface area contributed by atoms with Gasteiger partial charge in [0, 0.05) is 0 Å². The number of rotatable bonds is 2. The number of fused-ring (bicyclic) bond motifs is 1. The van der Waals surface area contributed by atoms with E-state index in [9.17, 15) is 13.2 Å². The molecule has 3 rings (SSSR count). The molecule has 0 saturated heterocycles. The molecule has 0 fully saturated rings. The fourth-order valence-corrected chi connectivity index (χ4v) is 4.31. The number of pyridine rings is 1. The quantitative estimate of drug-likeness (QED) is 0.614. The molecular formula is C16H9ClF3NSe. The Morgan fingerprint density at radius 3 is 2.59 bits per heavy atom. The van der Waals surface area contributed by atoms with E-state index in [1.807, 2.05) is 12.1 Å². The third-order valence-corrected chi connectivity index (χ3v) is 5.52. The second kappa shape index (κ2) is 5.92. The summed E-state index contributed by atoms with van der Waals surface area (Å²) in [7, 11) is 0. The number of benzene rings is 2. The van der Waals surface area contributed by atoms with Crippen LogP contribution in [0.3, 0.4) is 0 Å². The van der Waals surface area contributed by atoms with Gasteiger partial charge in [0.15, 0.2) is 0 Å². The molecule has 0 aliphatic carbocycles. The van der Waals surface area contributed by atoms with E-state index in [-0.39, 0.29) is 15.0 Å². The Bertz CT molecular complexity index is 833. The maximum absolute atomic E-state index is 12.8. The molecule has 0 amide bonds. The molecule has 1 nitrogen and oxygen atoms in total. The predicted molar refractivity (Wildman–Crippen MR) is 83.2 cm³/mol. The molecule has 0 aliphatic rings. The molecule has 0 saturated carbocycles. The summed E-state index contributed by atoms with van der Waals surface area (Å²) in [5.74, 6) is 0. The third kappa shape index (κ3) is 3.27. The van der Waals surface area contributed by atoms with Gasteiger partial charge in [-0.3, -0.25) is 0 Å². The molecule has 0 spiro atoms. The predicted octanol–water partition coefficient (Wildman–Crippen LogP) is 3.56. The molecule has 0 unspecified atom stereocenters. The van der Waals surface area contributed by atoms with E-state index in [2.05, 4.69) is 4.98 Å². The Morgan fingerprint density at radius 2 is 1.82 bits per heavy atom. The topological polar surface area (TPSA) is 12.9 Å². The number of halogens is 4. The molecule has 0 atom stereocenters. The fraction of sp³-hybridized carbons (Fsp3) is 0.0625. The monoisotopic (exact) mass is 387 g/mol. The van der Waals surface area contributed by atoms with Crippen LogP contribution < -0.4 is 8.92 Å². The van der Waals surface area contributed by atoms with Gasteiger partial charge in [-0.2, -0.15) is 0 Å². The van der Waals surface area contributed by atoms with E-state index in [4.69, 9.17) is 11.6 Å². The first kappa shape index (κ1) is 15.3. The molecule has 22 heavy (non-hydrogen) atoms. The first-order valence-corrected chi connectivity index (χ1v) is 8.42. The number of hydrogen-bond donors (Lipinski definition) is 0. The van der Waals surface area contributed by atoms with E-state index in [0.717, 1.165) is 21.4 Å². The summed E-state index contributed by atoms with van der Waals surface area (Å²) in [6.45, 7) is 0. The summed E-state index contributed by atoms with van der Waals surface area (Å²) < 4.78 is 40.0. The molecular weight excluding hydrogens is 378 g/mol. The molecule has 2 aromatic carbocycles. The summed E-state index contributed by atoms with van der Waals surface area (Å²) in [4.78, 5) is 4.25. The van der Waals surface area contributed by atoms with Crippen LogP contribution in [0.5, 0.6) is 0 Å². The van der Waals surface area contributed by atoms with Gasteiger partial charge in [-0.15, -0.1) is 0 Å². The zero-order valence-corrected chi connectivity index (χ0v) is 13.5. The van der Waals surface area contributed by atoms with Crippen LogP contribution in [-0.4, -0.2) is 19.9 Å². The van der Waals surface area contributed by atoms with Gasteiger partial charge in [0.1, 0.15) is 0 Å². The van der Waals surface area contributed by atoms with Crippen molar-refractivity contribution in [3.05, 3.63) is 65.3 Å². The van der Waals surface area contributed by atoms with Crippen molar-refractivity contribution < 1.29 is 13.2 Å². The molecule has 3 aromatic rings. The molecule has 0 aliphatic heterocycles. The molecule has 0 radical (unpaired) electrons. The van der Waals surface area contributed by atoms with E-state index in [1.54, 1.807) is 24.4 Å². The van der Waals surface area contributed by atoms with Gasteiger partial charge in [-0.1, -0.05) is 0 Å². The van der Waals surface area contributed by atoms with Gasteiger partial charge >= 0.3 is 136 Å². The van der Waals surface area contributed by atoms with Gasteiger partial charge in [0.2, 0.25) is 0 Å². The molecule has 0 N–H and O–H groups in total. The zero-order chi connectivity index (χ0) is 15.7. The van der Waals surface area contributed by atoms with Crippen molar-refractivity contribution >= 4 is 46.4 Å². The van der Waals surface area contributed by atoms with Gasteiger partial charge in [-0.05, 0) is 0 Å². The molecule has 1 aromatic heterocycles. The summed E-state index contributed by atoms with van der Waals surface area (Å²) in [5.41, 5.74) is 0.132. The van der Waals surface area contributed by atoms with Crippen molar-refractivity contribution in [3.63, 3.8) is 0 Å². The normalized spacial score (nSPS) is 11.8. The number of hydrogen-bond acceptors (Lipinski definition) is 1. The van der Waals surface area contributed by atoms with Crippen LogP contribution >= 0.6 is 11.6 Å². The van der Waals surface area contributed by atoms with Crippen LogP contribution in [0.4, 0.5) is 13.2 Å². The maximum atomic E-state index is 12.8. The first-order chi connectivity index (χ1) is 10.4. The van der Waals surface area contributed by atoms with Crippen LogP contribution in [-0.2, 0) is 6.18 Å². The minimum atomic E-state index is -4.32. The molecule has 112 valence electrons. The van der Waals surface area contributed by atoms with Crippen molar-refractivity contribution in [1.29, 1.82) is 0 Å². The Morgan fingerprint density at radius 1 is 1.00 bits per heavy atom. The Balaban J connectivity index is 2.00. The van der Waals surface area contributed by atoms with E-state index < -0.39 is 11.7 Å². The van der Waals surface area contributed by atoms with Crippen LogP contribution in [0.1, 0.15) is 5.56 Å². The van der Waals surface area contributed by atoms with Crippen LogP contribution in [0.2, 0.25) is 5.02 Å². The molecule has 6 heteroatoms. The summed E-state index contributed by atoms with van der Waals surface area (Å²) in [5, 5.41) is 1.51. The average Bonchev–Trinajstić information content (AvgIpc) is 2.46. The van der Waals surface area contributed by atoms with Gasteiger partial charge in [0.05, 0.1) is 0 Å². The van der Waals surface area contributed by atoms with Crippen molar-refractivity contribution in [3.8, 4) is 0 Å². The van der Waals surface area contributed by atoms with Crippen molar-refractivity contribution in [2.45, 2.75) is 6.18 Å².